The molecule has 0 aliphatic heterocycles. The summed E-state index contributed by atoms with van der Waals surface area (Å²) in [6.45, 7) is 33.1. The Morgan fingerprint density at radius 1 is 0.342 bits per heavy atom. The summed E-state index contributed by atoms with van der Waals surface area (Å²) in [4.78, 5) is 0. The Balaban J connectivity index is 2.23. The first-order valence-corrected chi connectivity index (χ1v) is 14.5. The van der Waals surface area contributed by atoms with Crippen molar-refractivity contribution in [3.63, 3.8) is 0 Å². The van der Waals surface area contributed by atoms with Gasteiger partial charge in [0.15, 0.2) is 0 Å². The van der Waals surface area contributed by atoms with Crippen molar-refractivity contribution in [1.29, 1.82) is 0 Å². The molecule has 38 heavy (non-hydrogen) atoms. The number of benzene rings is 5. The van der Waals surface area contributed by atoms with E-state index in [0.29, 0.717) is 0 Å². The minimum atomic E-state index is 0.0543. The molecule has 0 unspecified atom stereocenters. The van der Waals surface area contributed by atoms with Gasteiger partial charge in [-0.15, -0.1) is 0 Å². The molecule has 0 fully saturated rings. The summed E-state index contributed by atoms with van der Waals surface area (Å²) >= 11 is 0. The van der Waals surface area contributed by atoms with E-state index in [1.807, 2.05) is 0 Å². The average molecular weight is 505 g/mol. The van der Waals surface area contributed by atoms with Crippen LogP contribution < -0.4 is 0 Å². The van der Waals surface area contributed by atoms with Crippen LogP contribution in [0.25, 0.3) is 43.1 Å². The van der Waals surface area contributed by atoms with Crippen LogP contribution in [0.2, 0.25) is 0 Å². The number of hydrogen-bond acceptors (Lipinski definition) is 0. The van der Waals surface area contributed by atoms with Crippen LogP contribution in [0.15, 0.2) is 36.4 Å². The lowest BCUT2D eigenvalue weighted by Crippen LogP contribution is -2.19. The zero-order chi connectivity index (χ0) is 28.3. The normalized spacial score (nSPS) is 14.1. The van der Waals surface area contributed by atoms with Gasteiger partial charge < -0.3 is 0 Å². The van der Waals surface area contributed by atoms with Gasteiger partial charge in [-0.2, -0.15) is 0 Å². The molecule has 0 atom stereocenters. The lowest BCUT2D eigenvalue weighted by atomic mass is 9.71. The van der Waals surface area contributed by atoms with Crippen LogP contribution in [0, 0.1) is 13.8 Å². The fraction of sp³-hybridized carbons (Fsp3) is 0.474. The van der Waals surface area contributed by atoms with E-state index in [4.69, 9.17) is 0 Å². The van der Waals surface area contributed by atoms with Crippen LogP contribution in [-0.4, -0.2) is 0 Å². The minimum Gasteiger partial charge on any atom is -0.0572 e. The van der Waals surface area contributed by atoms with E-state index in [1.54, 1.807) is 0 Å². The van der Waals surface area contributed by atoms with Crippen LogP contribution in [-0.2, 0) is 21.7 Å². The third-order valence-corrected chi connectivity index (χ3v) is 8.73. The summed E-state index contributed by atoms with van der Waals surface area (Å²) in [6, 6.07) is 14.8. The molecule has 5 aromatic carbocycles. The quantitative estimate of drug-likeness (QED) is 0.145. The summed E-state index contributed by atoms with van der Waals surface area (Å²) in [7, 11) is 0. The van der Waals surface area contributed by atoms with Crippen molar-refractivity contribution in [3.8, 4) is 0 Å². The maximum absolute atomic E-state index is 2.51. The average Bonchev–Trinajstić information content (AvgIpc) is 2.74. The second kappa shape index (κ2) is 7.97. The summed E-state index contributed by atoms with van der Waals surface area (Å²) < 4.78 is 0. The standard InChI is InChI=1S/C38H48/c1-21-19-27(37(9,10)11)33-25(35(3,4)5)18-16-24-30-22(2)20-28(38(12,13)14)34-26(36(6,7)8)17-15-23(32(30)34)29(21)31(24)33/h15-20H,1-14H3. The van der Waals surface area contributed by atoms with Crippen LogP contribution in [0.4, 0.5) is 0 Å². The van der Waals surface area contributed by atoms with Crippen molar-refractivity contribution in [2.45, 2.75) is 119 Å². The SMILES string of the molecule is Cc1cc(C(C)(C)C)c2c(C(C)(C)C)ccc3c4c(C)cc(C(C)(C)C)c5c(C(C)(C)C)ccc(c1c23)c54. The van der Waals surface area contributed by atoms with E-state index in [-0.39, 0.29) is 21.7 Å². The van der Waals surface area contributed by atoms with E-state index in [0.717, 1.165) is 0 Å². The van der Waals surface area contributed by atoms with Crippen LogP contribution >= 0.6 is 0 Å². The molecular formula is C38H48. The van der Waals surface area contributed by atoms with E-state index >= 15 is 0 Å². The molecule has 0 amide bonds. The predicted molar refractivity (Wildman–Crippen MR) is 172 cm³/mol. The Bertz CT molecular complexity index is 1600. The van der Waals surface area contributed by atoms with Crippen molar-refractivity contribution >= 4 is 43.1 Å². The largest absolute Gasteiger partial charge is 0.0572 e. The second-order valence-corrected chi connectivity index (χ2v) is 16.1. The second-order valence-electron chi connectivity index (χ2n) is 16.1. The van der Waals surface area contributed by atoms with Gasteiger partial charge in [0, 0.05) is 0 Å². The smallest absolute Gasteiger partial charge is 0.00176 e. The van der Waals surface area contributed by atoms with Crippen molar-refractivity contribution in [2.24, 2.45) is 0 Å². The van der Waals surface area contributed by atoms with E-state index < -0.39 is 0 Å². The Kier molecular flexibility index (Phi) is 5.66. The molecule has 5 aromatic rings. The van der Waals surface area contributed by atoms with Crippen molar-refractivity contribution in [1.82, 2.24) is 0 Å². The molecule has 0 radical (unpaired) electrons. The summed E-state index contributed by atoms with van der Waals surface area (Å²) in [5, 5.41) is 11.6. The van der Waals surface area contributed by atoms with Crippen LogP contribution in [0.1, 0.15) is 116 Å². The fourth-order valence-corrected chi connectivity index (χ4v) is 6.94. The van der Waals surface area contributed by atoms with Gasteiger partial charge in [0.2, 0.25) is 0 Å². The van der Waals surface area contributed by atoms with Crippen LogP contribution in [0.5, 0.6) is 0 Å². The van der Waals surface area contributed by atoms with E-state index in [9.17, 15) is 0 Å². The van der Waals surface area contributed by atoms with Crippen molar-refractivity contribution in [2.75, 3.05) is 0 Å². The minimum absolute atomic E-state index is 0.0543. The highest BCUT2D eigenvalue weighted by Gasteiger charge is 2.31. The zero-order valence-corrected chi connectivity index (χ0v) is 26.5. The summed E-state index contributed by atoms with van der Waals surface area (Å²) in [5.74, 6) is 0. The van der Waals surface area contributed by atoms with Gasteiger partial charge >= 0.3 is 0 Å². The number of fused-ring (bicyclic) bond motifs is 2. The van der Waals surface area contributed by atoms with Gasteiger partial charge in [-0.3, -0.25) is 0 Å². The van der Waals surface area contributed by atoms with Gasteiger partial charge in [0.25, 0.3) is 0 Å². The number of aryl methyl sites for hydroxylation is 2. The highest BCUT2D eigenvalue weighted by Crippen LogP contribution is 2.51. The molecule has 0 nitrogen and oxygen atoms in total. The zero-order valence-electron chi connectivity index (χ0n) is 26.5. The molecule has 5 rings (SSSR count). The Labute approximate surface area is 231 Å². The monoisotopic (exact) mass is 504 g/mol. The van der Waals surface area contributed by atoms with Gasteiger partial charge in [0.1, 0.15) is 0 Å². The lowest BCUT2D eigenvalue weighted by Gasteiger charge is -2.33. The molecule has 200 valence electrons. The van der Waals surface area contributed by atoms with Crippen molar-refractivity contribution < 1.29 is 0 Å². The molecule has 0 N–H and O–H groups in total. The fourth-order valence-electron chi connectivity index (χ4n) is 6.94. The Morgan fingerprint density at radius 3 is 0.895 bits per heavy atom. The molecule has 0 heteroatoms. The van der Waals surface area contributed by atoms with Gasteiger partial charge in [-0.25, -0.2) is 0 Å². The highest BCUT2D eigenvalue weighted by molar-refractivity contribution is 6.35. The summed E-state index contributed by atoms with van der Waals surface area (Å²) in [5.41, 5.74) is 8.86. The number of hydrogen-bond donors (Lipinski definition) is 0. The molecule has 0 bridgehead atoms. The Hall–Kier alpha value is -2.60. The molecule has 0 aliphatic carbocycles. The molecule has 0 spiro atoms. The van der Waals surface area contributed by atoms with Gasteiger partial charge in [-0.1, -0.05) is 119 Å². The maximum atomic E-state index is 2.51. The number of rotatable bonds is 0. The third-order valence-electron chi connectivity index (χ3n) is 8.73. The topological polar surface area (TPSA) is 0 Å². The third kappa shape index (κ3) is 3.85. The van der Waals surface area contributed by atoms with Crippen molar-refractivity contribution in [3.05, 3.63) is 69.8 Å². The van der Waals surface area contributed by atoms with E-state index in [2.05, 4.69) is 133 Å². The van der Waals surface area contributed by atoms with E-state index in [1.165, 1.54) is 76.5 Å². The molecule has 0 aliphatic rings. The van der Waals surface area contributed by atoms with Crippen LogP contribution in [0.3, 0.4) is 0 Å². The molecular weight excluding hydrogens is 456 g/mol. The Morgan fingerprint density at radius 2 is 0.632 bits per heavy atom. The molecule has 0 aromatic heterocycles. The maximum Gasteiger partial charge on any atom is -0.00176 e. The molecule has 0 saturated heterocycles. The first kappa shape index (κ1) is 27.0. The van der Waals surface area contributed by atoms with Gasteiger partial charge in [-0.05, 0) is 112 Å². The lowest BCUT2D eigenvalue weighted by molar-refractivity contribution is 0.580. The molecule has 0 saturated carbocycles. The highest BCUT2D eigenvalue weighted by atomic mass is 14.3. The predicted octanol–water partition coefficient (Wildman–Crippen LogP) is 11.5. The van der Waals surface area contributed by atoms with Gasteiger partial charge in [0.05, 0.1) is 0 Å². The first-order chi connectivity index (χ1) is 17.2. The molecule has 0 heterocycles. The first-order valence-electron chi connectivity index (χ1n) is 14.5. The summed E-state index contributed by atoms with van der Waals surface area (Å²) in [6.07, 6.45) is 0.